The van der Waals surface area contributed by atoms with Crippen molar-refractivity contribution in [1.29, 1.82) is 5.26 Å². The maximum absolute atomic E-state index is 10.2. The van der Waals surface area contributed by atoms with Crippen LogP contribution in [0.5, 0.6) is 0 Å². The van der Waals surface area contributed by atoms with Crippen LogP contribution >= 0.6 is 0 Å². The second kappa shape index (κ2) is 7.46. The summed E-state index contributed by atoms with van der Waals surface area (Å²) in [6.45, 7) is 3.81. The van der Waals surface area contributed by atoms with Crippen LogP contribution in [0.3, 0.4) is 0 Å². The summed E-state index contributed by atoms with van der Waals surface area (Å²) < 4.78 is 1.68. The lowest BCUT2D eigenvalue weighted by atomic mass is 10.2. The molecule has 1 aromatic heterocycles. The molecule has 0 spiro atoms. The zero-order valence-corrected chi connectivity index (χ0v) is 10.0. The third-order valence-corrected chi connectivity index (χ3v) is 2.00. The second-order valence-corrected chi connectivity index (χ2v) is 3.26. The van der Waals surface area contributed by atoms with E-state index < -0.39 is 0 Å². The molecule has 0 bridgehead atoms. The third kappa shape index (κ3) is 5.15. The van der Waals surface area contributed by atoms with Crippen LogP contribution in [0.25, 0.3) is 0 Å². The van der Waals surface area contributed by atoms with Crippen molar-refractivity contribution in [2.45, 2.75) is 33.1 Å². The van der Waals surface area contributed by atoms with Crippen molar-refractivity contribution in [3.63, 3.8) is 0 Å². The fourth-order valence-corrected chi connectivity index (χ4v) is 0.929. The van der Waals surface area contributed by atoms with Gasteiger partial charge in [-0.3, -0.25) is 9.48 Å². The number of anilines is 1. The highest BCUT2D eigenvalue weighted by atomic mass is 16.1. The van der Waals surface area contributed by atoms with Crippen LogP contribution in [-0.2, 0) is 18.3 Å². The highest BCUT2D eigenvalue weighted by molar-refractivity contribution is 5.79. The van der Waals surface area contributed by atoms with Crippen molar-refractivity contribution < 1.29 is 4.79 Å². The Hall–Kier alpha value is -1.83. The number of rotatable bonds is 3. The van der Waals surface area contributed by atoms with E-state index in [2.05, 4.69) is 12.0 Å². The number of nitrogens with two attached hydrogens (primary N) is 1. The van der Waals surface area contributed by atoms with Gasteiger partial charge in [-0.25, -0.2) is 0 Å². The number of hydrogen-bond acceptors (Lipinski definition) is 4. The van der Waals surface area contributed by atoms with Gasteiger partial charge in [0, 0.05) is 19.5 Å². The molecule has 0 amide bonds. The van der Waals surface area contributed by atoms with E-state index in [0.717, 1.165) is 17.9 Å². The molecule has 0 atom stereocenters. The van der Waals surface area contributed by atoms with E-state index in [1.165, 1.54) is 0 Å². The first kappa shape index (κ1) is 14.2. The molecule has 0 aromatic carbocycles. The van der Waals surface area contributed by atoms with E-state index in [9.17, 15) is 4.79 Å². The quantitative estimate of drug-likeness (QED) is 0.838. The maximum Gasteiger partial charge on any atom is 0.146 e. The Kier molecular flexibility index (Phi) is 6.61. The zero-order chi connectivity index (χ0) is 12.6. The van der Waals surface area contributed by atoms with Gasteiger partial charge in [-0.15, -0.1) is 0 Å². The molecule has 0 radical (unpaired) electrons. The fraction of sp³-hybridized carbons (Fsp3) is 0.545. The summed E-state index contributed by atoms with van der Waals surface area (Å²) >= 11 is 0. The summed E-state index contributed by atoms with van der Waals surface area (Å²) in [6, 6.07) is 3.66. The Balaban J connectivity index is 0.000000293. The van der Waals surface area contributed by atoms with Gasteiger partial charge in [0.05, 0.1) is 18.2 Å². The van der Waals surface area contributed by atoms with Crippen molar-refractivity contribution in [2.75, 3.05) is 5.73 Å². The standard InChI is InChI=1S/C6H11N3.C5H7NO/c1-3-5-4-6(7)9(2)8-5;1-2-5(7)3-4-6/h4H,3,7H2,1-2H3;2-3H2,1H3. The number of aryl methyl sites for hydroxylation is 2. The van der Waals surface area contributed by atoms with E-state index >= 15 is 0 Å². The van der Waals surface area contributed by atoms with Crippen LogP contribution in [0, 0.1) is 11.3 Å². The summed E-state index contributed by atoms with van der Waals surface area (Å²) in [4.78, 5) is 10.2. The number of carbonyl (C=O) groups is 1. The number of carbonyl (C=O) groups excluding carboxylic acids is 1. The summed E-state index contributed by atoms with van der Waals surface area (Å²) in [6.07, 6.45) is 1.50. The average molecular weight is 222 g/mol. The monoisotopic (exact) mass is 222 g/mol. The minimum atomic E-state index is 0.0162. The predicted octanol–water partition coefficient (Wildman–Crippen LogP) is 1.44. The molecule has 0 aliphatic heterocycles. The maximum atomic E-state index is 10.2. The first-order valence-corrected chi connectivity index (χ1v) is 5.22. The van der Waals surface area contributed by atoms with Gasteiger partial charge >= 0.3 is 0 Å². The van der Waals surface area contributed by atoms with Gasteiger partial charge in [-0.1, -0.05) is 13.8 Å². The van der Waals surface area contributed by atoms with E-state index in [1.54, 1.807) is 17.7 Å². The number of Topliss-reactive ketones (excluding diaryl/α,β-unsaturated/α-hetero) is 1. The summed E-state index contributed by atoms with van der Waals surface area (Å²) in [5.41, 5.74) is 6.57. The molecule has 0 aliphatic rings. The minimum absolute atomic E-state index is 0.0162. The smallest absolute Gasteiger partial charge is 0.146 e. The topological polar surface area (TPSA) is 84.7 Å². The van der Waals surface area contributed by atoms with Crippen molar-refractivity contribution in [1.82, 2.24) is 9.78 Å². The molecule has 16 heavy (non-hydrogen) atoms. The van der Waals surface area contributed by atoms with E-state index in [0.29, 0.717) is 6.42 Å². The highest BCUT2D eigenvalue weighted by Crippen LogP contribution is 2.03. The molecule has 5 nitrogen and oxygen atoms in total. The number of hydrogen-bond donors (Lipinski definition) is 1. The molecular weight excluding hydrogens is 204 g/mol. The number of ketones is 1. The molecular formula is C11H18N4O. The molecule has 2 N–H and O–H groups in total. The number of aromatic nitrogens is 2. The van der Waals surface area contributed by atoms with Crippen molar-refractivity contribution in [3.8, 4) is 6.07 Å². The lowest BCUT2D eigenvalue weighted by Crippen LogP contribution is -1.96. The molecule has 0 unspecified atom stereocenters. The summed E-state index contributed by atoms with van der Waals surface area (Å²) in [5.74, 6) is 0.745. The highest BCUT2D eigenvalue weighted by Gasteiger charge is 1.96. The van der Waals surface area contributed by atoms with E-state index in [4.69, 9.17) is 11.0 Å². The van der Waals surface area contributed by atoms with E-state index in [1.807, 2.05) is 13.1 Å². The van der Waals surface area contributed by atoms with Gasteiger partial charge in [0.15, 0.2) is 0 Å². The first-order chi connectivity index (χ1) is 7.54. The minimum Gasteiger partial charge on any atom is -0.384 e. The van der Waals surface area contributed by atoms with Gasteiger partial charge in [-0.05, 0) is 6.42 Å². The SMILES string of the molecule is CCC(=O)CC#N.CCc1cc(N)n(C)n1. The van der Waals surface area contributed by atoms with Crippen LogP contribution in [0.2, 0.25) is 0 Å². The van der Waals surface area contributed by atoms with Crippen molar-refractivity contribution >= 4 is 11.6 Å². The number of nitriles is 1. The first-order valence-electron chi connectivity index (χ1n) is 5.22. The van der Waals surface area contributed by atoms with Crippen LogP contribution in [0.4, 0.5) is 5.82 Å². The number of nitrogen functional groups attached to an aromatic ring is 1. The molecule has 0 saturated carbocycles. The van der Waals surface area contributed by atoms with Gasteiger partial charge in [0.2, 0.25) is 0 Å². The Morgan fingerprint density at radius 1 is 1.62 bits per heavy atom. The zero-order valence-electron chi connectivity index (χ0n) is 10.0. The predicted molar refractivity (Wildman–Crippen MR) is 62.5 cm³/mol. The molecule has 88 valence electrons. The molecule has 0 fully saturated rings. The van der Waals surface area contributed by atoms with Crippen LogP contribution in [-0.4, -0.2) is 15.6 Å². The van der Waals surface area contributed by atoms with Crippen LogP contribution < -0.4 is 5.73 Å². The molecule has 1 aromatic rings. The molecule has 0 aliphatic carbocycles. The van der Waals surface area contributed by atoms with Gasteiger partial charge in [0.1, 0.15) is 11.6 Å². The summed E-state index contributed by atoms with van der Waals surface area (Å²) in [7, 11) is 1.84. The molecule has 5 heteroatoms. The Labute approximate surface area is 95.9 Å². The normalized spacial score (nSPS) is 8.88. The average Bonchev–Trinajstić information content (AvgIpc) is 2.60. The Morgan fingerprint density at radius 2 is 2.25 bits per heavy atom. The van der Waals surface area contributed by atoms with Gasteiger partial charge in [-0.2, -0.15) is 10.4 Å². The lowest BCUT2D eigenvalue weighted by Gasteiger charge is -1.88. The van der Waals surface area contributed by atoms with Gasteiger partial charge < -0.3 is 5.73 Å². The Bertz CT molecular complexity index is 356. The van der Waals surface area contributed by atoms with Gasteiger partial charge in [0.25, 0.3) is 0 Å². The number of nitrogens with zero attached hydrogens (tertiary/aromatic N) is 3. The Morgan fingerprint density at radius 3 is 2.44 bits per heavy atom. The summed E-state index contributed by atoms with van der Waals surface area (Å²) in [5, 5.41) is 12.0. The van der Waals surface area contributed by atoms with Crippen LogP contribution in [0.15, 0.2) is 6.07 Å². The molecule has 0 saturated heterocycles. The third-order valence-electron chi connectivity index (χ3n) is 2.00. The largest absolute Gasteiger partial charge is 0.384 e. The van der Waals surface area contributed by atoms with Crippen molar-refractivity contribution in [2.24, 2.45) is 7.05 Å². The lowest BCUT2D eigenvalue weighted by molar-refractivity contribution is -0.117. The molecule has 1 heterocycles. The second-order valence-electron chi connectivity index (χ2n) is 3.26. The van der Waals surface area contributed by atoms with Crippen molar-refractivity contribution in [3.05, 3.63) is 11.8 Å². The van der Waals surface area contributed by atoms with E-state index in [-0.39, 0.29) is 12.2 Å². The molecule has 1 rings (SSSR count). The van der Waals surface area contributed by atoms with Crippen LogP contribution in [0.1, 0.15) is 32.4 Å². The fourth-order valence-electron chi connectivity index (χ4n) is 0.929.